The van der Waals surface area contributed by atoms with Gasteiger partial charge in [0.05, 0.1) is 11.7 Å². The van der Waals surface area contributed by atoms with Crippen LogP contribution in [0.25, 0.3) is 0 Å². The predicted octanol–water partition coefficient (Wildman–Crippen LogP) is 3.00. The van der Waals surface area contributed by atoms with E-state index in [1.54, 1.807) is 12.4 Å². The fourth-order valence-corrected chi connectivity index (χ4v) is 3.41. The molecule has 0 aromatic carbocycles. The zero-order valence-electron chi connectivity index (χ0n) is 14.3. The van der Waals surface area contributed by atoms with Gasteiger partial charge in [0, 0.05) is 41.7 Å². The molecule has 5 nitrogen and oxygen atoms in total. The lowest BCUT2D eigenvalue weighted by Crippen LogP contribution is -2.35. The number of hydrogen-bond donors (Lipinski definition) is 1. The second kappa shape index (κ2) is 6.59. The smallest absolute Gasteiger partial charge is 0.337 e. The minimum Gasteiger partial charge on any atom is -0.460 e. The van der Waals surface area contributed by atoms with E-state index < -0.39 is 5.92 Å². The van der Waals surface area contributed by atoms with E-state index in [-0.39, 0.29) is 17.9 Å². The molecular formula is C19H22N2O3. The Bertz CT molecular complexity index is 732. The third kappa shape index (κ3) is 2.98. The number of allylic oxidation sites excluding steroid dienone is 3. The van der Waals surface area contributed by atoms with Crippen molar-refractivity contribution in [3.63, 3.8) is 0 Å². The number of rotatable bonds is 3. The molecule has 0 fully saturated rings. The lowest BCUT2D eigenvalue weighted by molar-refractivity contribution is -0.143. The van der Waals surface area contributed by atoms with Crippen molar-refractivity contribution >= 4 is 11.8 Å². The van der Waals surface area contributed by atoms with Crippen molar-refractivity contribution in [3.05, 3.63) is 52.6 Å². The summed E-state index contributed by atoms with van der Waals surface area (Å²) in [6.45, 7) is 5.50. The van der Waals surface area contributed by atoms with Crippen molar-refractivity contribution < 1.29 is 14.3 Å². The second-order valence-electron chi connectivity index (χ2n) is 6.51. The summed E-state index contributed by atoms with van der Waals surface area (Å²) in [4.78, 5) is 29.5. The number of nitrogens with zero attached hydrogens (tertiary/aromatic N) is 1. The largest absolute Gasteiger partial charge is 0.460 e. The van der Waals surface area contributed by atoms with Crippen LogP contribution in [0.4, 0.5) is 0 Å². The van der Waals surface area contributed by atoms with Crippen LogP contribution >= 0.6 is 0 Å². The van der Waals surface area contributed by atoms with Crippen molar-refractivity contribution in [3.8, 4) is 0 Å². The predicted molar refractivity (Wildman–Crippen MR) is 89.9 cm³/mol. The summed E-state index contributed by atoms with van der Waals surface area (Å²) in [6.07, 6.45) is 5.36. The molecule has 0 radical (unpaired) electrons. The molecule has 1 aliphatic carbocycles. The standard InChI is InChI=1S/C19H22N2O3/c1-11(2)24-19(23)16-12(3)21-14-7-4-8-15(22)18(14)17(16)13-6-5-9-20-10-13/h5-6,9-11,17,21H,4,7-8H2,1-3H3/t17-/m1/s1. The first-order valence-corrected chi connectivity index (χ1v) is 8.34. The van der Waals surface area contributed by atoms with Gasteiger partial charge in [-0.3, -0.25) is 9.78 Å². The fraction of sp³-hybridized carbons (Fsp3) is 0.421. The SMILES string of the molecule is CC1=C(C(=O)OC(C)C)[C@@H](c2cccnc2)C2=C(CCCC2=O)N1. The Morgan fingerprint density at radius 1 is 1.38 bits per heavy atom. The highest BCUT2D eigenvalue weighted by molar-refractivity contribution is 6.03. The molecule has 1 N–H and O–H groups in total. The molecule has 0 spiro atoms. The maximum Gasteiger partial charge on any atom is 0.337 e. The van der Waals surface area contributed by atoms with Crippen molar-refractivity contribution in [1.29, 1.82) is 0 Å². The molecule has 0 saturated heterocycles. The molecular weight excluding hydrogens is 304 g/mol. The van der Waals surface area contributed by atoms with E-state index in [4.69, 9.17) is 4.74 Å². The Kier molecular flexibility index (Phi) is 4.51. The van der Waals surface area contributed by atoms with Gasteiger partial charge in [0.15, 0.2) is 5.78 Å². The maximum absolute atomic E-state index is 12.7. The number of esters is 1. The van der Waals surface area contributed by atoms with Crippen LogP contribution in [-0.2, 0) is 14.3 Å². The van der Waals surface area contributed by atoms with Crippen LogP contribution in [0.15, 0.2) is 47.1 Å². The van der Waals surface area contributed by atoms with E-state index >= 15 is 0 Å². The minimum absolute atomic E-state index is 0.0972. The number of ketones is 1. The normalized spacial score (nSPS) is 20.8. The number of dihydropyridines is 1. The highest BCUT2D eigenvalue weighted by Crippen LogP contribution is 2.42. The van der Waals surface area contributed by atoms with E-state index in [0.717, 1.165) is 29.8 Å². The summed E-state index contributed by atoms with van der Waals surface area (Å²) in [7, 11) is 0. The highest BCUT2D eigenvalue weighted by atomic mass is 16.5. The van der Waals surface area contributed by atoms with E-state index in [1.807, 2.05) is 32.9 Å². The molecule has 2 heterocycles. The molecule has 2 aliphatic rings. The van der Waals surface area contributed by atoms with Gasteiger partial charge in [-0.15, -0.1) is 0 Å². The Hall–Kier alpha value is -2.43. The minimum atomic E-state index is -0.408. The van der Waals surface area contributed by atoms with Gasteiger partial charge in [0.25, 0.3) is 0 Å². The summed E-state index contributed by atoms with van der Waals surface area (Å²) in [5, 5.41) is 3.27. The summed E-state index contributed by atoms with van der Waals surface area (Å²) < 4.78 is 5.44. The van der Waals surface area contributed by atoms with E-state index in [1.165, 1.54) is 0 Å². The second-order valence-corrected chi connectivity index (χ2v) is 6.51. The molecule has 0 unspecified atom stereocenters. The lowest BCUT2D eigenvalue weighted by atomic mass is 9.75. The van der Waals surface area contributed by atoms with Crippen molar-refractivity contribution in [1.82, 2.24) is 10.3 Å². The Balaban J connectivity index is 2.12. The monoisotopic (exact) mass is 326 g/mol. The van der Waals surface area contributed by atoms with Gasteiger partial charge in [0.2, 0.25) is 0 Å². The van der Waals surface area contributed by atoms with Crippen LogP contribution < -0.4 is 5.32 Å². The topological polar surface area (TPSA) is 68.3 Å². The van der Waals surface area contributed by atoms with Crippen LogP contribution in [0.5, 0.6) is 0 Å². The molecule has 0 saturated carbocycles. The van der Waals surface area contributed by atoms with Gasteiger partial charge in [-0.05, 0) is 45.2 Å². The maximum atomic E-state index is 12.7. The summed E-state index contributed by atoms with van der Waals surface area (Å²) in [5.74, 6) is -0.692. The lowest BCUT2D eigenvalue weighted by Gasteiger charge is -2.34. The molecule has 126 valence electrons. The third-order valence-electron chi connectivity index (χ3n) is 4.36. The molecule has 1 aliphatic heterocycles. The first-order valence-electron chi connectivity index (χ1n) is 8.34. The Labute approximate surface area is 141 Å². The van der Waals surface area contributed by atoms with E-state index in [0.29, 0.717) is 17.6 Å². The first-order chi connectivity index (χ1) is 11.5. The quantitative estimate of drug-likeness (QED) is 0.865. The van der Waals surface area contributed by atoms with Crippen LogP contribution in [0.2, 0.25) is 0 Å². The molecule has 1 atom stereocenters. The average molecular weight is 326 g/mol. The van der Waals surface area contributed by atoms with E-state index in [9.17, 15) is 9.59 Å². The Morgan fingerprint density at radius 2 is 2.17 bits per heavy atom. The first kappa shape index (κ1) is 16.4. The van der Waals surface area contributed by atoms with Gasteiger partial charge in [0.1, 0.15) is 0 Å². The van der Waals surface area contributed by atoms with Crippen molar-refractivity contribution in [2.75, 3.05) is 0 Å². The molecule has 3 rings (SSSR count). The van der Waals surface area contributed by atoms with Gasteiger partial charge >= 0.3 is 5.97 Å². The zero-order chi connectivity index (χ0) is 17.3. The number of ether oxygens (including phenoxy) is 1. The number of pyridine rings is 1. The molecule has 1 aromatic heterocycles. The number of hydrogen-bond acceptors (Lipinski definition) is 5. The summed E-state index contributed by atoms with van der Waals surface area (Å²) in [5.41, 5.74) is 3.72. The number of Topliss-reactive ketones (excluding diaryl/α,β-unsaturated/α-hetero) is 1. The number of nitrogens with one attached hydrogen (secondary N) is 1. The molecule has 24 heavy (non-hydrogen) atoms. The third-order valence-corrected chi connectivity index (χ3v) is 4.36. The fourth-order valence-electron chi connectivity index (χ4n) is 3.41. The zero-order valence-corrected chi connectivity index (χ0v) is 14.3. The average Bonchev–Trinajstić information content (AvgIpc) is 2.53. The summed E-state index contributed by atoms with van der Waals surface area (Å²) >= 11 is 0. The van der Waals surface area contributed by atoms with Crippen LogP contribution in [0.1, 0.15) is 51.5 Å². The Morgan fingerprint density at radius 3 is 2.83 bits per heavy atom. The molecule has 1 aromatic rings. The highest BCUT2D eigenvalue weighted by Gasteiger charge is 2.39. The van der Waals surface area contributed by atoms with Crippen LogP contribution in [0, 0.1) is 0 Å². The number of aromatic nitrogens is 1. The molecule has 0 bridgehead atoms. The van der Waals surface area contributed by atoms with Gasteiger partial charge in [-0.2, -0.15) is 0 Å². The number of carbonyl (C=O) groups excluding carboxylic acids is 2. The van der Waals surface area contributed by atoms with Crippen molar-refractivity contribution in [2.24, 2.45) is 0 Å². The molecule has 0 amide bonds. The van der Waals surface area contributed by atoms with E-state index in [2.05, 4.69) is 10.3 Å². The number of carbonyl (C=O) groups is 2. The van der Waals surface area contributed by atoms with Crippen molar-refractivity contribution in [2.45, 2.75) is 52.1 Å². The van der Waals surface area contributed by atoms with Gasteiger partial charge in [-0.25, -0.2) is 4.79 Å². The molecule has 5 heteroatoms. The van der Waals surface area contributed by atoms with Crippen LogP contribution in [0.3, 0.4) is 0 Å². The van der Waals surface area contributed by atoms with Gasteiger partial charge < -0.3 is 10.1 Å². The van der Waals surface area contributed by atoms with Crippen LogP contribution in [-0.4, -0.2) is 22.8 Å². The van der Waals surface area contributed by atoms with Gasteiger partial charge in [-0.1, -0.05) is 6.07 Å². The summed E-state index contributed by atoms with van der Waals surface area (Å²) in [6, 6.07) is 3.73.